The molecule has 1 aromatic heterocycles. The molecule has 1 aromatic rings. The number of hydrogen-bond acceptors (Lipinski definition) is 2. The summed E-state index contributed by atoms with van der Waals surface area (Å²) >= 11 is 10.4. The molecule has 2 nitrogen and oxygen atoms in total. The highest BCUT2D eigenvalue weighted by Gasteiger charge is 2.14. The van der Waals surface area contributed by atoms with Crippen LogP contribution in [0.4, 0.5) is 8.78 Å². The molecule has 0 fully saturated rings. The Labute approximate surface area is 82.5 Å². The Morgan fingerprint density at radius 3 is 2.46 bits per heavy atom. The minimum Gasteiger partial charge on any atom is -0.274 e. The predicted molar refractivity (Wildman–Crippen MR) is 44.4 cm³/mol. The maximum Gasteiger partial charge on any atom is 0.270 e. The third kappa shape index (κ3) is 2.35. The van der Waals surface area contributed by atoms with Crippen molar-refractivity contribution in [2.24, 2.45) is 0 Å². The lowest BCUT2D eigenvalue weighted by Gasteiger charge is -2.01. The van der Waals surface area contributed by atoms with Crippen molar-refractivity contribution >= 4 is 28.4 Å². The van der Waals surface area contributed by atoms with E-state index in [1.54, 1.807) is 0 Å². The monoisotopic (exact) mass is 225 g/mol. The zero-order valence-corrected chi connectivity index (χ0v) is 7.61. The number of hydrogen-bond donors (Lipinski definition) is 0. The first-order valence-electron chi connectivity index (χ1n) is 3.17. The van der Waals surface area contributed by atoms with Crippen molar-refractivity contribution in [3.05, 3.63) is 28.5 Å². The van der Waals surface area contributed by atoms with Crippen LogP contribution in [0.3, 0.4) is 0 Å². The summed E-state index contributed by atoms with van der Waals surface area (Å²) < 4.78 is 24.2. The van der Waals surface area contributed by atoms with Crippen molar-refractivity contribution in [3.63, 3.8) is 0 Å². The van der Waals surface area contributed by atoms with E-state index in [2.05, 4.69) is 4.98 Å². The second-order valence-electron chi connectivity index (χ2n) is 2.15. The van der Waals surface area contributed by atoms with Crippen molar-refractivity contribution in [3.8, 4) is 0 Å². The summed E-state index contributed by atoms with van der Waals surface area (Å²) in [5.41, 5.74) is -0.556. The summed E-state index contributed by atoms with van der Waals surface area (Å²) in [6.45, 7) is 0. The number of carbonyl (C=O) groups is 1. The van der Waals surface area contributed by atoms with E-state index < -0.39 is 22.4 Å². The fourth-order valence-corrected chi connectivity index (χ4v) is 1.06. The molecular weight excluding hydrogens is 223 g/mol. The average molecular weight is 226 g/mol. The van der Waals surface area contributed by atoms with Gasteiger partial charge in [0.1, 0.15) is 10.8 Å². The molecule has 0 aliphatic carbocycles. The molecule has 0 saturated carbocycles. The Bertz CT molecular complexity index is 343. The highest BCUT2D eigenvalue weighted by molar-refractivity contribution is 6.67. The summed E-state index contributed by atoms with van der Waals surface area (Å²) in [5.74, 6) is 0. The molecule has 0 aliphatic heterocycles. The van der Waals surface area contributed by atoms with E-state index in [-0.39, 0.29) is 5.69 Å². The van der Waals surface area contributed by atoms with Gasteiger partial charge in [0.15, 0.2) is 0 Å². The maximum absolute atomic E-state index is 12.1. The van der Waals surface area contributed by atoms with Gasteiger partial charge in [0, 0.05) is 0 Å². The number of carbonyl (C=O) groups excluding carboxylic acids is 1. The van der Waals surface area contributed by atoms with Gasteiger partial charge in [-0.1, -0.05) is 11.6 Å². The van der Waals surface area contributed by atoms with Crippen molar-refractivity contribution in [1.29, 1.82) is 0 Å². The lowest BCUT2D eigenvalue weighted by atomic mass is 10.2. The summed E-state index contributed by atoms with van der Waals surface area (Å²) in [6, 6.07) is 2.12. The van der Waals surface area contributed by atoms with Crippen LogP contribution in [-0.2, 0) is 0 Å². The molecule has 0 amide bonds. The minimum absolute atomic E-state index is 0.143. The van der Waals surface area contributed by atoms with Gasteiger partial charge in [-0.3, -0.25) is 4.79 Å². The summed E-state index contributed by atoms with van der Waals surface area (Å²) in [6.07, 6.45) is -2.71. The van der Waals surface area contributed by atoms with E-state index in [4.69, 9.17) is 23.2 Å². The molecular formula is C7H3Cl2F2NO. The van der Waals surface area contributed by atoms with Crippen molar-refractivity contribution in [2.45, 2.75) is 6.43 Å². The first kappa shape index (κ1) is 10.3. The van der Waals surface area contributed by atoms with Crippen molar-refractivity contribution < 1.29 is 13.6 Å². The fraction of sp³-hybridized carbons (Fsp3) is 0.143. The molecule has 13 heavy (non-hydrogen) atoms. The SMILES string of the molecule is O=C(Cl)c1ccc(C(F)F)c(Cl)n1. The molecule has 0 radical (unpaired) electrons. The second-order valence-corrected chi connectivity index (χ2v) is 2.85. The summed E-state index contributed by atoms with van der Waals surface area (Å²) in [4.78, 5) is 13.9. The average Bonchev–Trinajstić information content (AvgIpc) is 2.03. The van der Waals surface area contributed by atoms with Crippen LogP contribution in [0.15, 0.2) is 12.1 Å². The predicted octanol–water partition coefficient (Wildman–Crippen LogP) is 3.05. The lowest BCUT2D eigenvalue weighted by Crippen LogP contribution is -1.97. The van der Waals surface area contributed by atoms with E-state index in [0.29, 0.717) is 0 Å². The van der Waals surface area contributed by atoms with E-state index in [1.807, 2.05) is 0 Å². The topological polar surface area (TPSA) is 30.0 Å². The molecule has 0 unspecified atom stereocenters. The molecule has 0 aliphatic rings. The normalized spacial score (nSPS) is 10.5. The zero-order valence-electron chi connectivity index (χ0n) is 6.10. The number of alkyl halides is 2. The maximum atomic E-state index is 12.1. The van der Waals surface area contributed by atoms with Crippen LogP contribution in [0.25, 0.3) is 0 Å². The molecule has 0 N–H and O–H groups in total. The number of nitrogens with zero attached hydrogens (tertiary/aromatic N) is 1. The van der Waals surface area contributed by atoms with Gasteiger partial charge < -0.3 is 0 Å². The molecule has 70 valence electrons. The zero-order chi connectivity index (χ0) is 10.0. The number of rotatable bonds is 2. The Morgan fingerprint density at radius 1 is 1.46 bits per heavy atom. The van der Waals surface area contributed by atoms with Crippen LogP contribution in [0.5, 0.6) is 0 Å². The molecule has 1 rings (SSSR count). The Hall–Kier alpha value is -0.740. The highest BCUT2D eigenvalue weighted by atomic mass is 35.5. The van der Waals surface area contributed by atoms with E-state index in [9.17, 15) is 13.6 Å². The van der Waals surface area contributed by atoms with Crippen LogP contribution in [0.1, 0.15) is 22.5 Å². The second kappa shape index (κ2) is 3.98. The molecule has 0 spiro atoms. The Balaban J connectivity index is 3.13. The van der Waals surface area contributed by atoms with Gasteiger partial charge in [-0.2, -0.15) is 0 Å². The van der Waals surface area contributed by atoms with Crippen LogP contribution >= 0.6 is 23.2 Å². The molecule has 6 heteroatoms. The van der Waals surface area contributed by atoms with Crippen molar-refractivity contribution in [2.75, 3.05) is 0 Å². The number of aromatic nitrogens is 1. The van der Waals surface area contributed by atoms with E-state index in [0.717, 1.165) is 12.1 Å². The van der Waals surface area contributed by atoms with Crippen molar-refractivity contribution in [1.82, 2.24) is 4.98 Å². The van der Waals surface area contributed by atoms with Gasteiger partial charge in [0.2, 0.25) is 0 Å². The Morgan fingerprint density at radius 2 is 2.08 bits per heavy atom. The first-order chi connectivity index (χ1) is 6.02. The third-order valence-electron chi connectivity index (χ3n) is 1.31. The number of halogens is 4. The molecule has 0 atom stereocenters. The smallest absolute Gasteiger partial charge is 0.270 e. The van der Waals surface area contributed by atoms with Gasteiger partial charge >= 0.3 is 0 Å². The standard InChI is InChI=1S/C7H3Cl2F2NO/c8-5-3(7(10)11)1-2-4(12-5)6(9)13/h1-2,7H. The molecule has 0 saturated heterocycles. The van der Waals surface area contributed by atoms with Crippen LogP contribution in [0, 0.1) is 0 Å². The van der Waals surface area contributed by atoms with Gasteiger partial charge in [-0.05, 0) is 23.7 Å². The minimum atomic E-state index is -2.71. The number of pyridine rings is 1. The van der Waals surface area contributed by atoms with Crippen LogP contribution < -0.4 is 0 Å². The fourth-order valence-electron chi connectivity index (χ4n) is 0.717. The largest absolute Gasteiger partial charge is 0.274 e. The Kier molecular flexibility index (Phi) is 3.17. The summed E-state index contributed by atoms with van der Waals surface area (Å²) in [7, 11) is 0. The van der Waals surface area contributed by atoms with E-state index in [1.165, 1.54) is 0 Å². The molecule has 1 heterocycles. The van der Waals surface area contributed by atoms with Crippen LogP contribution in [-0.4, -0.2) is 10.2 Å². The van der Waals surface area contributed by atoms with E-state index >= 15 is 0 Å². The lowest BCUT2D eigenvalue weighted by molar-refractivity contribution is 0.107. The molecule has 0 aromatic carbocycles. The first-order valence-corrected chi connectivity index (χ1v) is 3.92. The van der Waals surface area contributed by atoms with Crippen LogP contribution in [0.2, 0.25) is 5.15 Å². The van der Waals surface area contributed by atoms with Gasteiger partial charge in [0.05, 0.1) is 5.56 Å². The highest BCUT2D eigenvalue weighted by Crippen LogP contribution is 2.25. The van der Waals surface area contributed by atoms with Gasteiger partial charge in [-0.15, -0.1) is 0 Å². The summed E-state index contributed by atoms with van der Waals surface area (Å²) in [5, 5.41) is -1.23. The van der Waals surface area contributed by atoms with Gasteiger partial charge in [-0.25, -0.2) is 13.8 Å². The van der Waals surface area contributed by atoms with Gasteiger partial charge in [0.25, 0.3) is 11.7 Å². The third-order valence-corrected chi connectivity index (χ3v) is 1.81. The quantitative estimate of drug-likeness (QED) is 0.572. The molecule has 0 bridgehead atoms.